The number of hydrogen-bond acceptors (Lipinski definition) is 8. The number of aryl methyl sites for hydroxylation is 1. The van der Waals surface area contributed by atoms with Gasteiger partial charge in [-0.25, -0.2) is 4.99 Å². The highest BCUT2D eigenvalue weighted by Gasteiger charge is 2.33. The number of nitrogens with one attached hydrogen (secondary N) is 1. The molecule has 0 fully saturated rings. The highest BCUT2D eigenvalue weighted by atomic mass is 32.3. The fourth-order valence-corrected chi connectivity index (χ4v) is 4.82. The summed E-state index contributed by atoms with van der Waals surface area (Å²) in [7, 11) is -4.82. The van der Waals surface area contributed by atoms with Gasteiger partial charge in [-0.15, -0.1) is 3.89 Å². The Morgan fingerprint density at radius 1 is 1.00 bits per heavy atom. The van der Waals surface area contributed by atoms with Gasteiger partial charge in [-0.2, -0.15) is 13.4 Å². The van der Waals surface area contributed by atoms with Crippen LogP contribution in [-0.4, -0.2) is 31.9 Å². The van der Waals surface area contributed by atoms with Gasteiger partial charge in [-0.3, -0.25) is 9.69 Å². The van der Waals surface area contributed by atoms with Gasteiger partial charge in [0.1, 0.15) is 5.66 Å². The summed E-state index contributed by atoms with van der Waals surface area (Å²) in [6.07, 6.45) is 0.393. The first kappa shape index (κ1) is 26.8. The van der Waals surface area contributed by atoms with Crippen molar-refractivity contribution in [1.82, 2.24) is 0 Å². The SMILES string of the molecule is Cc1ccc([C@@H](Cc2ccc(N3C(N)=NC(N)=NC3(C)C)cc2)C(=O)Nc2ccc(S(=O)(=O)F)cc2)cc1. The van der Waals surface area contributed by atoms with Crippen LogP contribution in [0, 0.1) is 6.92 Å². The van der Waals surface area contributed by atoms with Crippen LogP contribution < -0.4 is 21.7 Å². The largest absolute Gasteiger partial charge is 0.369 e. The van der Waals surface area contributed by atoms with E-state index in [1.807, 2.05) is 69.3 Å². The number of benzene rings is 3. The number of anilines is 2. The molecular formula is C27H29FN6O3S. The van der Waals surface area contributed by atoms with Crippen LogP contribution in [0.5, 0.6) is 0 Å². The zero-order valence-corrected chi connectivity index (χ0v) is 22.0. The van der Waals surface area contributed by atoms with Gasteiger partial charge >= 0.3 is 10.2 Å². The van der Waals surface area contributed by atoms with Crippen molar-refractivity contribution in [3.05, 3.63) is 89.5 Å². The second-order valence-corrected chi connectivity index (χ2v) is 10.9. The molecule has 38 heavy (non-hydrogen) atoms. The third-order valence-corrected chi connectivity index (χ3v) is 7.06. The Bertz CT molecular complexity index is 1500. The first-order valence-electron chi connectivity index (χ1n) is 11.8. The van der Waals surface area contributed by atoms with Gasteiger partial charge in [0, 0.05) is 11.4 Å². The summed E-state index contributed by atoms with van der Waals surface area (Å²) in [5.74, 6) is -0.479. The number of halogens is 1. The van der Waals surface area contributed by atoms with Crippen molar-refractivity contribution < 1.29 is 17.1 Å². The molecule has 3 aromatic carbocycles. The molecule has 0 aromatic heterocycles. The molecular weight excluding hydrogens is 507 g/mol. The van der Waals surface area contributed by atoms with Crippen LogP contribution >= 0.6 is 0 Å². The Balaban J connectivity index is 1.58. The number of rotatable bonds is 7. The average Bonchev–Trinajstić information content (AvgIpc) is 2.82. The Kier molecular flexibility index (Phi) is 7.23. The van der Waals surface area contributed by atoms with Gasteiger partial charge in [0.15, 0.2) is 0 Å². The molecule has 0 saturated carbocycles. The molecule has 1 aliphatic rings. The first-order chi connectivity index (χ1) is 17.8. The highest BCUT2D eigenvalue weighted by Crippen LogP contribution is 2.29. The molecule has 198 valence electrons. The third kappa shape index (κ3) is 6.00. The summed E-state index contributed by atoms with van der Waals surface area (Å²) in [5, 5.41) is 2.81. The van der Waals surface area contributed by atoms with E-state index in [9.17, 15) is 17.1 Å². The second kappa shape index (κ2) is 10.3. The molecule has 1 heterocycles. The smallest absolute Gasteiger partial charge is 0.332 e. The van der Waals surface area contributed by atoms with E-state index >= 15 is 0 Å². The number of carbonyl (C=O) groups excluding carboxylic acids is 1. The predicted octanol–water partition coefficient (Wildman–Crippen LogP) is 3.80. The lowest BCUT2D eigenvalue weighted by Crippen LogP contribution is -2.54. The molecule has 4 rings (SSSR count). The summed E-state index contributed by atoms with van der Waals surface area (Å²) in [6, 6.07) is 20.2. The van der Waals surface area contributed by atoms with E-state index < -0.39 is 26.7 Å². The Labute approximate surface area is 221 Å². The molecule has 0 saturated heterocycles. The minimum atomic E-state index is -4.82. The van der Waals surface area contributed by atoms with Crippen molar-refractivity contribution >= 4 is 39.4 Å². The average molecular weight is 537 g/mol. The second-order valence-electron chi connectivity index (χ2n) is 9.56. The Morgan fingerprint density at radius 3 is 2.16 bits per heavy atom. The van der Waals surface area contributed by atoms with Gasteiger partial charge in [0.25, 0.3) is 0 Å². The summed E-state index contributed by atoms with van der Waals surface area (Å²) >= 11 is 0. The van der Waals surface area contributed by atoms with Gasteiger partial charge in [-0.05, 0) is 74.7 Å². The standard InChI is InChI=1S/C27H29FN6O3S/c1-17-4-8-19(9-5-17)23(24(35)31-20-10-14-22(15-11-20)38(28,36)37)16-18-6-12-21(13-7-18)34-26(30)32-25(29)33-27(34,2)3/h4-15,23H,16H2,1-3H3,(H,31,35)(H4,29,30,32,33)/t23-/m1/s1. The van der Waals surface area contributed by atoms with Crippen molar-refractivity contribution in [2.45, 2.75) is 43.7 Å². The fraction of sp³-hybridized carbons (Fsp3) is 0.222. The number of amides is 1. The lowest BCUT2D eigenvalue weighted by Gasteiger charge is -2.38. The zero-order valence-electron chi connectivity index (χ0n) is 21.2. The maximum Gasteiger partial charge on any atom is 0.332 e. The highest BCUT2D eigenvalue weighted by molar-refractivity contribution is 7.86. The normalized spacial score (nSPS) is 15.8. The molecule has 1 atom stereocenters. The van der Waals surface area contributed by atoms with Crippen LogP contribution in [0.4, 0.5) is 15.3 Å². The molecule has 1 amide bonds. The quantitative estimate of drug-likeness (QED) is 0.392. The van der Waals surface area contributed by atoms with Crippen molar-refractivity contribution in [2.24, 2.45) is 21.5 Å². The number of guanidine groups is 2. The van der Waals surface area contributed by atoms with Crippen LogP contribution in [0.25, 0.3) is 0 Å². The van der Waals surface area contributed by atoms with Gasteiger partial charge < -0.3 is 16.8 Å². The minimum absolute atomic E-state index is 0.119. The maximum atomic E-state index is 13.4. The Morgan fingerprint density at radius 2 is 1.61 bits per heavy atom. The number of hydrogen-bond donors (Lipinski definition) is 3. The first-order valence-corrected chi connectivity index (χ1v) is 13.2. The van der Waals surface area contributed by atoms with Gasteiger partial charge in [0.2, 0.25) is 17.8 Å². The molecule has 0 spiro atoms. The minimum Gasteiger partial charge on any atom is -0.369 e. The summed E-state index contributed by atoms with van der Waals surface area (Å²) in [5.41, 5.74) is 15.1. The summed E-state index contributed by atoms with van der Waals surface area (Å²) in [4.78, 5) is 23.1. The lowest BCUT2D eigenvalue weighted by atomic mass is 9.90. The third-order valence-electron chi connectivity index (χ3n) is 6.23. The van der Waals surface area contributed by atoms with Crippen LogP contribution in [0.3, 0.4) is 0 Å². The molecule has 0 unspecified atom stereocenters. The number of carbonyl (C=O) groups is 1. The lowest BCUT2D eigenvalue weighted by molar-refractivity contribution is -0.117. The molecule has 9 nitrogen and oxygen atoms in total. The van der Waals surface area contributed by atoms with Crippen molar-refractivity contribution in [3.8, 4) is 0 Å². The van der Waals surface area contributed by atoms with Gasteiger partial charge in [0.05, 0.1) is 10.8 Å². The van der Waals surface area contributed by atoms with E-state index in [4.69, 9.17) is 11.5 Å². The predicted molar refractivity (Wildman–Crippen MR) is 147 cm³/mol. The van der Waals surface area contributed by atoms with Crippen LogP contribution in [-0.2, 0) is 21.4 Å². The van der Waals surface area contributed by atoms with E-state index in [1.54, 1.807) is 4.90 Å². The molecule has 0 aliphatic carbocycles. The van der Waals surface area contributed by atoms with Crippen LogP contribution in [0.1, 0.15) is 36.5 Å². The topological polar surface area (TPSA) is 143 Å². The molecule has 0 radical (unpaired) electrons. The van der Waals surface area contributed by atoms with Crippen LogP contribution in [0.2, 0.25) is 0 Å². The number of nitrogens with zero attached hydrogens (tertiary/aromatic N) is 3. The monoisotopic (exact) mass is 536 g/mol. The summed E-state index contributed by atoms with van der Waals surface area (Å²) in [6.45, 7) is 5.72. The van der Waals surface area contributed by atoms with Gasteiger partial charge in [-0.1, -0.05) is 42.0 Å². The number of nitrogens with two attached hydrogens (primary N) is 2. The van der Waals surface area contributed by atoms with E-state index in [2.05, 4.69) is 15.3 Å². The molecule has 0 bridgehead atoms. The van der Waals surface area contributed by atoms with Crippen molar-refractivity contribution in [2.75, 3.05) is 10.2 Å². The van der Waals surface area contributed by atoms with Crippen molar-refractivity contribution in [3.63, 3.8) is 0 Å². The maximum absolute atomic E-state index is 13.4. The van der Waals surface area contributed by atoms with Crippen molar-refractivity contribution in [1.29, 1.82) is 0 Å². The molecule has 3 aromatic rings. The van der Waals surface area contributed by atoms with E-state index in [1.165, 1.54) is 12.1 Å². The molecule has 11 heteroatoms. The summed E-state index contributed by atoms with van der Waals surface area (Å²) < 4.78 is 35.4. The molecule has 1 aliphatic heterocycles. The van der Waals surface area contributed by atoms with E-state index in [0.29, 0.717) is 12.1 Å². The Hall–Kier alpha value is -4.25. The van der Waals surface area contributed by atoms with E-state index in [-0.39, 0.29) is 17.8 Å². The van der Waals surface area contributed by atoms with Crippen LogP contribution in [0.15, 0.2) is 87.7 Å². The van der Waals surface area contributed by atoms with E-state index in [0.717, 1.165) is 34.5 Å². The number of aliphatic imine (C=N–C) groups is 2. The fourth-order valence-electron chi connectivity index (χ4n) is 4.36. The molecule has 5 N–H and O–H groups in total. The zero-order chi connectivity index (χ0) is 27.7.